The number of nitrogens with one attached hydrogen (secondary N) is 2. The Kier molecular flexibility index (Phi) is 4.65. The van der Waals surface area contributed by atoms with Crippen molar-refractivity contribution in [2.24, 2.45) is 5.73 Å². The number of rotatable bonds is 6. The molecule has 0 spiro atoms. The first kappa shape index (κ1) is 11.2. The van der Waals surface area contributed by atoms with Crippen LogP contribution in [0, 0.1) is 0 Å². The number of hydrogen-bond donors (Lipinski definition) is 3. The van der Waals surface area contributed by atoms with E-state index in [0.717, 1.165) is 24.5 Å². The summed E-state index contributed by atoms with van der Waals surface area (Å²) in [5, 5.41) is 7.01. The molecular weight excluding hydrogens is 198 g/mol. The average molecular weight is 215 g/mol. The molecule has 0 heterocycles. The maximum absolute atomic E-state index is 10.4. The lowest BCUT2D eigenvalue weighted by atomic mass is 10.2. The molecule has 1 fully saturated rings. The van der Waals surface area contributed by atoms with Crippen molar-refractivity contribution in [3.05, 3.63) is 0 Å². The molecule has 5 heteroatoms. The average Bonchev–Trinajstić information content (AvgIpc) is 2.87. The number of hydrogen-bond acceptors (Lipinski definition) is 2. The highest BCUT2D eigenvalue weighted by molar-refractivity contribution is 7.80. The highest BCUT2D eigenvalue weighted by Gasteiger charge is 2.21. The normalized spacial score (nSPS) is 14.9. The molecule has 1 aliphatic carbocycles. The van der Waals surface area contributed by atoms with Crippen LogP contribution in [0.25, 0.3) is 0 Å². The summed E-state index contributed by atoms with van der Waals surface area (Å²) in [5.41, 5.74) is 5.01. The lowest BCUT2D eigenvalue weighted by Gasteiger charge is -2.08. The predicted octanol–water partition coefficient (Wildman–Crippen LogP) is 0.268. The second-order valence-electron chi connectivity index (χ2n) is 3.60. The van der Waals surface area contributed by atoms with Gasteiger partial charge in [-0.1, -0.05) is 0 Å². The minimum absolute atomic E-state index is 0.233. The van der Waals surface area contributed by atoms with Crippen LogP contribution in [-0.4, -0.2) is 23.6 Å². The van der Waals surface area contributed by atoms with E-state index in [4.69, 9.17) is 18.0 Å². The molecule has 0 unspecified atom stereocenters. The van der Waals surface area contributed by atoms with Crippen LogP contribution >= 0.6 is 12.2 Å². The number of carbonyl (C=O) groups is 1. The minimum Gasteiger partial charge on any atom is -0.370 e. The van der Waals surface area contributed by atoms with Gasteiger partial charge in [0, 0.05) is 19.0 Å². The van der Waals surface area contributed by atoms with Gasteiger partial charge in [-0.2, -0.15) is 0 Å². The zero-order valence-corrected chi connectivity index (χ0v) is 9.03. The molecule has 4 N–H and O–H groups in total. The van der Waals surface area contributed by atoms with Crippen LogP contribution in [0.1, 0.15) is 32.1 Å². The third kappa shape index (κ3) is 5.75. The molecule has 0 aromatic heterocycles. The van der Waals surface area contributed by atoms with Gasteiger partial charge in [0.1, 0.15) is 0 Å². The predicted molar refractivity (Wildman–Crippen MR) is 59.8 cm³/mol. The van der Waals surface area contributed by atoms with Crippen LogP contribution in [0.4, 0.5) is 0 Å². The first-order valence-electron chi connectivity index (χ1n) is 5.01. The Labute approximate surface area is 89.6 Å². The van der Waals surface area contributed by atoms with Gasteiger partial charge in [-0.3, -0.25) is 4.79 Å². The molecule has 0 atom stereocenters. The fourth-order valence-corrected chi connectivity index (χ4v) is 1.36. The fraction of sp³-hybridized carbons (Fsp3) is 0.778. The van der Waals surface area contributed by atoms with Crippen LogP contribution in [0.2, 0.25) is 0 Å². The molecular formula is C9H17N3OS. The van der Waals surface area contributed by atoms with E-state index in [1.54, 1.807) is 0 Å². The Balaban J connectivity index is 1.87. The van der Waals surface area contributed by atoms with Crippen LogP contribution in [0.5, 0.6) is 0 Å². The van der Waals surface area contributed by atoms with Crippen LogP contribution < -0.4 is 16.4 Å². The maximum Gasteiger partial charge on any atom is 0.217 e. The first-order chi connectivity index (χ1) is 6.68. The summed E-state index contributed by atoms with van der Waals surface area (Å²) in [5.74, 6) is -0.233. The summed E-state index contributed by atoms with van der Waals surface area (Å²) >= 11 is 5.06. The number of carbonyl (C=O) groups excluding carboxylic acids is 1. The molecule has 14 heavy (non-hydrogen) atoms. The van der Waals surface area contributed by atoms with E-state index < -0.39 is 0 Å². The standard InChI is InChI=1S/C9H17N3OS/c10-8(13)3-1-2-6-11-9(14)12-7-4-5-7/h7H,1-6H2,(H2,10,13)(H2,11,12,14). The molecule has 80 valence electrons. The highest BCUT2D eigenvalue weighted by atomic mass is 32.1. The molecule has 0 bridgehead atoms. The second kappa shape index (κ2) is 5.80. The van der Waals surface area contributed by atoms with Crippen molar-refractivity contribution in [3.63, 3.8) is 0 Å². The van der Waals surface area contributed by atoms with Crippen molar-refractivity contribution in [2.75, 3.05) is 6.54 Å². The SMILES string of the molecule is NC(=O)CCCCNC(=S)NC1CC1. The first-order valence-corrected chi connectivity index (χ1v) is 5.42. The number of primary amides is 1. The summed E-state index contributed by atoms with van der Waals surface area (Å²) < 4.78 is 0. The molecule has 0 saturated heterocycles. The third-order valence-corrected chi connectivity index (χ3v) is 2.31. The van der Waals surface area contributed by atoms with E-state index >= 15 is 0 Å². The molecule has 1 aliphatic rings. The van der Waals surface area contributed by atoms with Crippen molar-refractivity contribution in [1.29, 1.82) is 0 Å². The largest absolute Gasteiger partial charge is 0.370 e. The highest BCUT2D eigenvalue weighted by Crippen LogP contribution is 2.18. The zero-order valence-electron chi connectivity index (χ0n) is 8.21. The topological polar surface area (TPSA) is 67.2 Å². The molecule has 1 rings (SSSR count). The Morgan fingerprint density at radius 3 is 2.71 bits per heavy atom. The van der Waals surface area contributed by atoms with Gasteiger partial charge in [-0.25, -0.2) is 0 Å². The number of thiocarbonyl (C=S) groups is 1. The van der Waals surface area contributed by atoms with Gasteiger partial charge in [-0.15, -0.1) is 0 Å². The van der Waals surface area contributed by atoms with E-state index in [-0.39, 0.29) is 5.91 Å². The second-order valence-corrected chi connectivity index (χ2v) is 4.01. The van der Waals surface area contributed by atoms with E-state index in [1.165, 1.54) is 12.8 Å². The number of unbranched alkanes of at least 4 members (excludes halogenated alkanes) is 1. The summed E-state index contributed by atoms with van der Waals surface area (Å²) in [7, 11) is 0. The number of amides is 1. The van der Waals surface area contributed by atoms with E-state index in [0.29, 0.717) is 12.5 Å². The number of nitrogens with two attached hydrogens (primary N) is 1. The quantitative estimate of drug-likeness (QED) is 0.439. The molecule has 0 aromatic carbocycles. The monoisotopic (exact) mass is 215 g/mol. The van der Waals surface area contributed by atoms with Gasteiger partial charge in [-0.05, 0) is 37.9 Å². The van der Waals surface area contributed by atoms with E-state index in [2.05, 4.69) is 10.6 Å². The lowest BCUT2D eigenvalue weighted by Crippen LogP contribution is -2.37. The van der Waals surface area contributed by atoms with Crippen LogP contribution in [0.3, 0.4) is 0 Å². The lowest BCUT2D eigenvalue weighted by molar-refractivity contribution is -0.118. The van der Waals surface area contributed by atoms with Crippen LogP contribution in [-0.2, 0) is 4.79 Å². The Bertz CT molecular complexity index is 216. The summed E-state index contributed by atoms with van der Waals surface area (Å²) in [6.45, 7) is 0.811. The van der Waals surface area contributed by atoms with Gasteiger partial charge < -0.3 is 16.4 Å². The van der Waals surface area contributed by atoms with Crippen molar-refractivity contribution in [1.82, 2.24) is 10.6 Å². The van der Waals surface area contributed by atoms with Crippen LogP contribution in [0.15, 0.2) is 0 Å². The summed E-state index contributed by atoms with van der Waals surface area (Å²) in [6.07, 6.45) is 4.67. The summed E-state index contributed by atoms with van der Waals surface area (Å²) in [6, 6.07) is 0.598. The molecule has 0 aliphatic heterocycles. The summed E-state index contributed by atoms with van der Waals surface area (Å²) in [4.78, 5) is 10.4. The Morgan fingerprint density at radius 1 is 1.43 bits per heavy atom. The molecule has 1 saturated carbocycles. The molecule has 0 aromatic rings. The van der Waals surface area contributed by atoms with Gasteiger partial charge in [0.05, 0.1) is 0 Å². The van der Waals surface area contributed by atoms with E-state index in [1.807, 2.05) is 0 Å². The van der Waals surface area contributed by atoms with Gasteiger partial charge >= 0.3 is 0 Å². The zero-order chi connectivity index (χ0) is 10.4. The third-order valence-electron chi connectivity index (χ3n) is 2.05. The minimum atomic E-state index is -0.233. The van der Waals surface area contributed by atoms with Crippen molar-refractivity contribution < 1.29 is 4.79 Å². The van der Waals surface area contributed by atoms with Crippen molar-refractivity contribution >= 4 is 23.2 Å². The molecule has 4 nitrogen and oxygen atoms in total. The molecule has 1 amide bonds. The molecule has 0 radical (unpaired) electrons. The van der Waals surface area contributed by atoms with E-state index in [9.17, 15) is 4.79 Å². The fourth-order valence-electron chi connectivity index (χ4n) is 1.09. The van der Waals surface area contributed by atoms with Crippen molar-refractivity contribution in [3.8, 4) is 0 Å². The van der Waals surface area contributed by atoms with Gasteiger partial charge in [0.25, 0.3) is 0 Å². The van der Waals surface area contributed by atoms with Gasteiger partial charge in [0.2, 0.25) is 5.91 Å². The van der Waals surface area contributed by atoms with Crippen molar-refractivity contribution in [2.45, 2.75) is 38.1 Å². The Hall–Kier alpha value is -0.840. The smallest absolute Gasteiger partial charge is 0.217 e. The van der Waals surface area contributed by atoms with Gasteiger partial charge in [0.15, 0.2) is 5.11 Å². The Morgan fingerprint density at radius 2 is 2.14 bits per heavy atom. The maximum atomic E-state index is 10.4.